The van der Waals surface area contributed by atoms with E-state index in [1.54, 1.807) is 26.0 Å². The molecule has 2 aromatic heterocycles. The molecule has 2 heterocycles. The summed E-state index contributed by atoms with van der Waals surface area (Å²) in [7, 11) is 0. The summed E-state index contributed by atoms with van der Waals surface area (Å²) in [5, 5.41) is 19.9. The lowest BCUT2D eigenvalue weighted by atomic mass is 10.0. The van der Waals surface area contributed by atoms with Crippen molar-refractivity contribution < 1.29 is 14.7 Å². The van der Waals surface area contributed by atoms with Gasteiger partial charge >= 0.3 is 5.97 Å². The normalized spacial score (nSPS) is 12.3. The number of benzene rings is 1. The highest BCUT2D eigenvalue weighted by molar-refractivity contribution is 6.07. The van der Waals surface area contributed by atoms with Crippen LogP contribution in [0.2, 0.25) is 0 Å². The van der Waals surface area contributed by atoms with Gasteiger partial charge in [-0.25, -0.2) is 4.79 Å². The second kappa shape index (κ2) is 6.08. The molecule has 0 saturated carbocycles. The summed E-state index contributed by atoms with van der Waals surface area (Å²) in [5.74, 6) is -1.58. The van der Waals surface area contributed by atoms with Crippen LogP contribution in [0.15, 0.2) is 18.2 Å². The molecule has 1 amide bonds. The molecule has 25 heavy (non-hydrogen) atoms. The number of hydrogen-bond donors (Lipinski definition) is 4. The molecular weight excluding hydrogens is 320 g/mol. The fourth-order valence-electron chi connectivity index (χ4n) is 3.12. The fraction of sp³-hybridized carbons (Fsp3) is 0.278. The molecule has 0 aliphatic heterocycles. The van der Waals surface area contributed by atoms with Crippen LogP contribution in [0.3, 0.4) is 0 Å². The van der Waals surface area contributed by atoms with E-state index in [2.05, 4.69) is 20.5 Å². The highest BCUT2D eigenvalue weighted by atomic mass is 16.4. The van der Waals surface area contributed by atoms with Gasteiger partial charge in [0.15, 0.2) is 6.04 Å². The second-order valence-electron chi connectivity index (χ2n) is 6.20. The van der Waals surface area contributed by atoms with Gasteiger partial charge in [0, 0.05) is 22.3 Å². The molecule has 130 valence electrons. The van der Waals surface area contributed by atoms with Gasteiger partial charge in [0.1, 0.15) is 0 Å². The number of carboxylic acid groups (broad SMARTS) is 1. The van der Waals surface area contributed by atoms with Crippen LogP contribution in [0.1, 0.15) is 44.6 Å². The Morgan fingerprint density at radius 2 is 1.88 bits per heavy atom. The SMILES string of the molecule is Cc1n[nH]c(C)c1[C@H](NC(=O)c1cccc2c(C)c(C)[nH]c12)C(=O)O. The third kappa shape index (κ3) is 2.77. The van der Waals surface area contributed by atoms with E-state index in [1.807, 2.05) is 19.9 Å². The number of nitrogens with one attached hydrogen (secondary N) is 3. The van der Waals surface area contributed by atoms with E-state index in [1.165, 1.54) is 0 Å². The first-order valence-electron chi connectivity index (χ1n) is 7.94. The Bertz CT molecular complexity index is 964. The number of fused-ring (bicyclic) bond motifs is 1. The topological polar surface area (TPSA) is 111 Å². The maximum atomic E-state index is 12.8. The van der Waals surface area contributed by atoms with Gasteiger partial charge in [0.05, 0.1) is 16.8 Å². The monoisotopic (exact) mass is 340 g/mol. The van der Waals surface area contributed by atoms with E-state index in [0.717, 1.165) is 16.6 Å². The Hall–Kier alpha value is -3.09. The molecule has 0 aliphatic carbocycles. The summed E-state index contributed by atoms with van der Waals surface area (Å²) in [5.41, 5.74) is 4.82. The van der Waals surface area contributed by atoms with Crippen LogP contribution in [-0.4, -0.2) is 32.2 Å². The molecule has 0 spiro atoms. The first-order chi connectivity index (χ1) is 11.8. The van der Waals surface area contributed by atoms with Gasteiger partial charge in [-0.15, -0.1) is 0 Å². The van der Waals surface area contributed by atoms with E-state index in [-0.39, 0.29) is 0 Å². The number of aromatic nitrogens is 3. The zero-order valence-electron chi connectivity index (χ0n) is 14.5. The minimum absolute atomic E-state index is 0.416. The van der Waals surface area contributed by atoms with Gasteiger partial charge in [-0.3, -0.25) is 9.89 Å². The third-order valence-electron chi connectivity index (χ3n) is 4.58. The van der Waals surface area contributed by atoms with Crippen molar-refractivity contribution in [3.05, 3.63) is 52.0 Å². The van der Waals surface area contributed by atoms with Crippen LogP contribution in [0.4, 0.5) is 0 Å². The molecule has 1 aromatic carbocycles. The van der Waals surface area contributed by atoms with Crippen LogP contribution in [0.25, 0.3) is 10.9 Å². The van der Waals surface area contributed by atoms with E-state index < -0.39 is 17.9 Å². The van der Waals surface area contributed by atoms with Crippen LogP contribution in [0.5, 0.6) is 0 Å². The van der Waals surface area contributed by atoms with Crippen molar-refractivity contribution in [2.75, 3.05) is 0 Å². The Labute approximate surface area is 144 Å². The smallest absolute Gasteiger partial charge is 0.331 e. The number of aromatic amines is 2. The lowest BCUT2D eigenvalue weighted by molar-refractivity contribution is -0.139. The molecule has 0 fully saturated rings. The summed E-state index contributed by atoms with van der Waals surface area (Å²) in [6, 6.07) is 4.24. The number of carbonyl (C=O) groups is 2. The zero-order valence-corrected chi connectivity index (χ0v) is 14.5. The molecule has 0 saturated heterocycles. The van der Waals surface area contributed by atoms with Crippen molar-refractivity contribution in [3.8, 4) is 0 Å². The fourth-order valence-corrected chi connectivity index (χ4v) is 3.12. The van der Waals surface area contributed by atoms with E-state index in [4.69, 9.17) is 0 Å². The predicted molar refractivity (Wildman–Crippen MR) is 93.7 cm³/mol. The largest absolute Gasteiger partial charge is 0.479 e. The molecule has 3 rings (SSSR count). The van der Waals surface area contributed by atoms with Crippen molar-refractivity contribution in [3.63, 3.8) is 0 Å². The van der Waals surface area contributed by atoms with Crippen LogP contribution in [-0.2, 0) is 4.79 Å². The van der Waals surface area contributed by atoms with Gasteiger partial charge in [0.2, 0.25) is 0 Å². The van der Waals surface area contributed by atoms with E-state index in [0.29, 0.717) is 28.0 Å². The van der Waals surface area contributed by atoms with E-state index in [9.17, 15) is 14.7 Å². The Morgan fingerprint density at radius 3 is 2.48 bits per heavy atom. The maximum Gasteiger partial charge on any atom is 0.331 e. The number of nitrogens with zero attached hydrogens (tertiary/aromatic N) is 1. The molecule has 0 radical (unpaired) electrons. The standard InChI is InChI=1S/C18H20N4O3/c1-8-9(2)19-15-12(8)6-5-7-13(15)17(23)20-16(18(24)25)14-10(3)21-22-11(14)4/h5-7,16,19H,1-4H3,(H,20,23)(H,21,22)(H,24,25)/t16-/m0/s1. The molecule has 0 aliphatic rings. The highest BCUT2D eigenvalue weighted by Gasteiger charge is 2.28. The molecule has 0 bridgehead atoms. The molecule has 7 heteroatoms. The summed E-state index contributed by atoms with van der Waals surface area (Å²) in [6.45, 7) is 7.36. The van der Waals surface area contributed by atoms with Crippen molar-refractivity contribution >= 4 is 22.8 Å². The van der Waals surface area contributed by atoms with Crippen molar-refractivity contribution in [2.24, 2.45) is 0 Å². The van der Waals surface area contributed by atoms with Gasteiger partial charge in [-0.2, -0.15) is 5.10 Å². The highest BCUT2D eigenvalue weighted by Crippen LogP contribution is 2.25. The lowest BCUT2D eigenvalue weighted by Crippen LogP contribution is -2.34. The number of hydrogen-bond acceptors (Lipinski definition) is 3. The Balaban J connectivity index is 2.01. The minimum atomic E-state index is -1.17. The predicted octanol–water partition coefficient (Wildman–Crippen LogP) is 2.68. The zero-order chi connectivity index (χ0) is 18.3. The Morgan fingerprint density at radius 1 is 1.16 bits per heavy atom. The number of rotatable bonds is 4. The summed E-state index contributed by atoms with van der Waals surface area (Å²) in [4.78, 5) is 27.7. The van der Waals surface area contributed by atoms with Crippen LogP contribution < -0.4 is 5.32 Å². The lowest BCUT2D eigenvalue weighted by Gasteiger charge is -2.15. The summed E-state index contributed by atoms with van der Waals surface area (Å²) < 4.78 is 0. The number of carboxylic acids is 1. The maximum absolute atomic E-state index is 12.8. The first kappa shape index (κ1) is 16.8. The molecule has 1 atom stereocenters. The molecule has 3 aromatic rings. The molecule has 7 nitrogen and oxygen atoms in total. The van der Waals surface area contributed by atoms with Crippen molar-refractivity contribution in [1.82, 2.24) is 20.5 Å². The second-order valence-corrected chi connectivity index (χ2v) is 6.20. The average Bonchev–Trinajstić information content (AvgIpc) is 3.04. The molecule has 0 unspecified atom stereocenters. The summed E-state index contributed by atoms with van der Waals surface area (Å²) in [6.07, 6.45) is 0. The van der Waals surface area contributed by atoms with Crippen molar-refractivity contribution in [1.29, 1.82) is 0 Å². The minimum Gasteiger partial charge on any atom is -0.479 e. The number of amides is 1. The van der Waals surface area contributed by atoms with Crippen LogP contribution >= 0.6 is 0 Å². The van der Waals surface area contributed by atoms with Crippen LogP contribution in [0, 0.1) is 27.7 Å². The first-order valence-corrected chi connectivity index (χ1v) is 7.94. The number of para-hydroxylation sites is 1. The van der Waals surface area contributed by atoms with Gasteiger partial charge in [-0.05, 0) is 39.3 Å². The third-order valence-corrected chi connectivity index (χ3v) is 4.58. The van der Waals surface area contributed by atoms with E-state index >= 15 is 0 Å². The summed E-state index contributed by atoms with van der Waals surface area (Å²) >= 11 is 0. The number of aliphatic carboxylic acids is 1. The number of H-pyrrole nitrogens is 2. The molecular formula is C18H20N4O3. The number of aryl methyl sites for hydroxylation is 4. The average molecular weight is 340 g/mol. The van der Waals surface area contributed by atoms with Crippen molar-refractivity contribution in [2.45, 2.75) is 33.7 Å². The van der Waals surface area contributed by atoms with Gasteiger partial charge < -0.3 is 15.4 Å². The van der Waals surface area contributed by atoms with Gasteiger partial charge in [-0.1, -0.05) is 12.1 Å². The van der Waals surface area contributed by atoms with Gasteiger partial charge in [0.25, 0.3) is 5.91 Å². The quantitative estimate of drug-likeness (QED) is 0.585. The Kier molecular flexibility index (Phi) is 4.08. The number of carbonyl (C=O) groups excluding carboxylic acids is 1. The molecule has 4 N–H and O–H groups in total.